The second-order valence-corrected chi connectivity index (χ2v) is 11.3. The quantitative estimate of drug-likeness (QED) is 0.219. The number of rotatable bonds is 6. The average Bonchev–Trinajstić information content (AvgIpc) is 3.12. The minimum Gasteiger partial charge on any atom is -0.394 e. The lowest BCUT2D eigenvalue weighted by molar-refractivity contribution is -0.135. The second kappa shape index (κ2) is 8.76. The molecule has 4 saturated carbocycles. The van der Waals surface area contributed by atoms with Crippen LogP contribution in [0, 0.1) is 39.9 Å². The van der Waals surface area contributed by atoms with Crippen molar-refractivity contribution >= 4 is 12.2 Å². The van der Waals surface area contributed by atoms with Gasteiger partial charge in [-0.3, -0.25) is 5.41 Å². The molecule has 0 radical (unpaired) electrons. The van der Waals surface area contributed by atoms with Gasteiger partial charge in [0.15, 0.2) is 5.96 Å². The summed E-state index contributed by atoms with van der Waals surface area (Å²) in [6, 6.07) is 0. The van der Waals surface area contributed by atoms with Gasteiger partial charge in [0.25, 0.3) is 0 Å². The van der Waals surface area contributed by atoms with Crippen molar-refractivity contribution in [3.05, 3.63) is 12.2 Å². The average molecular weight is 431 g/mol. The number of hydrogen-bond acceptors (Lipinski definition) is 4. The molecule has 0 amide bonds. The van der Waals surface area contributed by atoms with E-state index >= 15 is 0 Å². The molecule has 0 bridgehead atoms. The molecule has 0 aromatic heterocycles. The fourth-order valence-electron chi connectivity index (χ4n) is 8.00. The van der Waals surface area contributed by atoms with Crippen LogP contribution in [-0.2, 0) is 4.84 Å². The van der Waals surface area contributed by atoms with Crippen molar-refractivity contribution in [1.82, 2.24) is 5.32 Å². The zero-order valence-electron chi connectivity index (χ0n) is 19.4. The van der Waals surface area contributed by atoms with E-state index in [-0.39, 0.29) is 5.96 Å². The zero-order valence-corrected chi connectivity index (χ0v) is 19.4. The molecular formula is C25H42N4O2. The smallest absolute Gasteiger partial charge is 0.185 e. The van der Waals surface area contributed by atoms with E-state index in [2.05, 4.69) is 24.3 Å². The van der Waals surface area contributed by atoms with Gasteiger partial charge in [0, 0.05) is 0 Å². The molecule has 0 aromatic carbocycles. The Hall–Kier alpha value is -1.56. The van der Waals surface area contributed by atoms with Crippen LogP contribution in [0.1, 0.15) is 78.1 Å². The van der Waals surface area contributed by atoms with Gasteiger partial charge in [-0.05, 0) is 98.4 Å². The van der Waals surface area contributed by atoms with Crippen LogP contribution >= 0.6 is 0 Å². The molecule has 5 N–H and O–H groups in total. The molecule has 4 rings (SSSR count). The van der Waals surface area contributed by atoms with Crippen molar-refractivity contribution in [3.63, 3.8) is 0 Å². The van der Waals surface area contributed by atoms with Crippen LogP contribution < -0.4 is 11.1 Å². The molecule has 0 aromatic rings. The van der Waals surface area contributed by atoms with E-state index in [9.17, 15) is 5.11 Å². The van der Waals surface area contributed by atoms with E-state index in [0.717, 1.165) is 37.0 Å². The van der Waals surface area contributed by atoms with Crippen LogP contribution in [0.5, 0.6) is 0 Å². The number of fused-ring (bicyclic) bond motifs is 5. The number of nitrogens with one attached hydrogen (secondary N) is 2. The molecule has 174 valence electrons. The molecule has 7 atom stereocenters. The van der Waals surface area contributed by atoms with Gasteiger partial charge in [0.2, 0.25) is 0 Å². The molecule has 4 aliphatic rings. The highest BCUT2D eigenvalue weighted by molar-refractivity contribution is 5.74. The minimum absolute atomic E-state index is 0.0708. The fourth-order valence-corrected chi connectivity index (χ4v) is 8.00. The first-order chi connectivity index (χ1) is 14.8. The second-order valence-electron chi connectivity index (χ2n) is 11.3. The summed E-state index contributed by atoms with van der Waals surface area (Å²) in [5, 5.41) is 24.9. The Bertz CT molecular complexity index is 724. The highest BCUT2D eigenvalue weighted by Crippen LogP contribution is 2.66. The molecule has 6 heteroatoms. The highest BCUT2D eigenvalue weighted by Gasteiger charge is 2.58. The van der Waals surface area contributed by atoms with E-state index in [1.54, 1.807) is 6.21 Å². The first-order valence-electron chi connectivity index (χ1n) is 12.4. The van der Waals surface area contributed by atoms with Gasteiger partial charge in [-0.25, -0.2) is 0 Å². The third kappa shape index (κ3) is 4.50. The van der Waals surface area contributed by atoms with Crippen LogP contribution in [0.3, 0.4) is 0 Å². The molecule has 0 spiro atoms. The molecule has 6 nitrogen and oxygen atoms in total. The van der Waals surface area contributed by atoms with Crippen LogP contribution in [0.2, 0.25) is 0 Å². The van der Waals surface area contributed by atoms with Crippen molar-refractivity contribution in [2.24, 2.45) is 45.4 Å². The number of nitrogens with zero attached hydrogens (tertiary/aromatic N) is 1. The van der Waals surface area contributed by atoms with Gasteiger partial charge in [0.05, 0.1) is 18.4 Å². The lowest BCUT2D eigenvalue weighted by Gasteiger charge is -2.61. The molecule has 0 aliphatic heterocycles. The summed E-state index contributed by atoms with van der Waals surface area (Å²) in [5.74, 6) is 3.28. The van der Waals surface area contributed by atoms with E-state index in [1.165, 1.54) is 44.9 Å². The number of aliphatic hydroxyl groups is 1. The van der Waals surface area contributed by atoms with Crippen molar-refractivity contribution in [2.45, 2.75) is 83.7 Å². The van der Waals surface area contributed by atoms with Gasteiger partial charge < -0.3 is 21.0 Å². The minimum atomic E-state index is -0.726. The topological polar surface area (TPSA) is 104 Å². The van der Waals surface area contributed by atoms with Crippen LogP contribution in [0.15, 0.2) is 17.3 Å². The SMILES string of the molecule is C[C@@]12CCC[C@H]1[C@@H]1CC[C@@H]3C[C@](O)(C=CC=NOCCNC(=N)N)CC[C@]3(C)[C@H]1CC2. The Labute approximate surface area is 187 Å². The molecule has 4 aliphatic carbocycles. The van der Waals surface area contributed by atoms with Gasteiger partial charge in [-0.2, -0.15) is 0 Å². The van der Waals surface area contributed by atoms with Gasteiger partial charge in [-0.1, -0.05) is 31.5 Å². The predicted octanol–water partition coefficient (Wildman–Crippen LogP) is 4.19. The van der Waals surface area contributed by atoms with Crippen molar-refractivity contribution in [3.8, 4) is 0 Å². The summed E-state index contributed by atoms with van der Waals surface area (Å²) in [4.78, 5) is 5.13. The van der Waals surface area contributed by atoms with Crippen LogP contribution in [0.4, 0.5) is 0 Å². The van der Waals surface area contributed by atoms with E-state index in [1.807, 2.05) is 12.2 Å². The predicted molar refractivity (Wildman–Crippen MR) is 125 cm³/mol. The monoisotopic (exact) mass is 430 g/mol. The van der Waals surface area contributed by atoms with Crippen LogP contribution in [0.25, 0.3) is 0 Å². The molecule has 31 heavy (non-hydrogen) atoms. The summed E-state index contributed by atoms with van der Waals surface area (Å²) in [7, 11) is 0. The molecular weight excluding hydrogens is 388 g/mol. The lowest BCUT2D eigenvalue weighted by Crippen LogP contribution is -2.55. The standard InChI is InChI=1S/C25H42N4O2/c1-23-9-3-5-20(23)19-7-6-18-17-25(30,13-12-24(18,2)21(19)8-11-23)10-4-14-29-31-16-15-28-22(26)27/h4,10,14,18-21,30H,3,5-9,11-13,15-17H2,1-2H3,(H4,26,27,28)/t18-,19+,20+,21+,23+,24+,25+/m1/s1. The number of guanidine groups is 1. The van der Waals surface area contributed by atoms with Gasteiger partial charge in [-0.15, -0.1) is 0 Å². The summed E-state index contributed by atoms with van der Waals surface area (Å²) in [6.07, 6.45) is 18.0. The Kier molecular flexibility index (Phi) is 6.39. The molecule has 0 saturated heterocycles. The normalized spacial score (nSPS) is 44.6. The number of allylic oxidation sites excluding steroid dienone is 1. The summed E-state index contributed by atoms with van der Waals surface area (Å²) in [6.45, 7) is 5.92. The summed E-state index contributed by atoms with van der Waals surface area (Å²) in [5.41, 5.74) is 5.50. The highest BCUT2D eigenvalue weighted by atomic mass is 16.6. The lowest BCUT2D eigenvalue weighted by atomic mass is 9.44. The zero-order chi connectivity index (χ0) is 22.1. The Morgan fingerprint density at radius 2 is 2.00 bits per heavy atom. The largest absolute Gasteiger partial charge is 0.394 e. The number of nitrogens with two attached hydrogens (primary N) is 1. The maximum Gasteiger partial charge on any atom is 0.185 e. The molecule has 0 heterocycles. The van der Waals surface area contributed by atoms with Crippen molar-refractivity contribution in [2.75, 3.05) is 13.2 Å². The van der Waals surface area contributed by atoms with E-state index in [0.29, 0.717) is 29.9 Å². The van der Waals surface area contributed by atoms with Gasteiger partial charge in [0.1, 0.15) is 6.61 Å². The maximum atomic E-state index is 11.3. The van der Waals surface area contributed by atoms with Crippen molar-refractivity contribution in [1.29, 1.82) is 5.41 Å². The van der Waals surface area contributed by atoms with Gasteiger partial charge >= 0.3 is 0 Å². The third-order valence-corrected chi connectivity index (χ3v) is 9.68. The Morgan fingerprint density at radius 3 is 2.81 bits per heavy atom. The van der Waals surface area contributed by atoms with Crippen molar-refractivity contribution < 1.29 is 9.94 Å². The molecule has 0 unspecified atom stereocenters. The first kappa shape index (κ1) is 22.6. The fraction of sp³-hybridized carbons (Fsp3) is 0.840. The van der Waals surface area contributed by atoms with E-state index < -0.39 is 5.60 Å². The Morgan fingerprint density at radius 1 is 1.16 bits per heavy atom. The first-order valence-corrected chi connectivity index (χ1v) is 12.4. The summed E-state index contributed by atoms with van der Waals surface area (Å²) < 4.78 is 0. The van der Waals surface area contributed by atoms with E-state index in [4.69, 9.17) is 16.0 Å². The maximum absolute atomic E-state index is 11.3. The Balaban J connectivity index is 1.33. The van der Waals surface area contributed by atoms with Crippen LogP contribution in [-0.4, -0.2) is 36.0 Å². The third-order valence-electron chi connectivity index (χ3n) is 9.68. The number of oxime groups is 1. The summed E-state index contributed by atoms with van der Waals surface area (Å²) >= 11 is 0. The molecule has 4 fully saturated rings. The number of hydrogen-bond donors (Lipinski definition) is 4.